The Bertz CT molecular complexity index is 694. The van der Waals surface area contributed by atoms with Crippen molar-refractivity contribution in [3.05, 3.63) is 41.8 Å². The number of ether oxygens (including phenoxy) is 1. The maximum atomic E-state index is 11.5. The molecule has 0 amide bonds. The zero-order valence-corrected chi connectivity index (χ0v) is 14.5. The summed E-state index contributed by atoms with van der Waals surface area (Å²) >= 11 is 0. The first kappa shape index (κ1) is 17.6. The van der Waals surface area contributed by atoms with Crippen LogP contribution >= 0.6 is 0 Å². The second-order valence-corrected chi connectivity index (χ2v) is 6.35. The average Bonchev–Trinajstić information content (AvgIpc) is 3.11. The van der Waals surface area contributed by atoms with Crippen molar-refractivity contribution >= 4 is 5.97 Å². The standard InChI is InChI=1S/C19H24N2O4/c1-24-19(23)15-7-5-14(6-8-15)18-20-16(13-25-18)12-21-10-3-2-4-17(21)9-11-22/h5-8,13,17,22H,2-4,9-12H2,1H3/t17-/m1/s1. The molecule has 3 rings (SSSR count). The summed E-state index contributed by atoms with van der Waals surface area (Å²) in [7, 11) is 1.36. The van der Waals surface area contributed by atoms with Crippen LogP contribution in [0.15, 0.2) is 34.9 Å². The fraction of sp³-hybridized carbons (Fsp3) is 0.474. The predicted octanol–water partition coefficient (Wildman–Crippen LogP) is 2.87. The Hall–Kier alpha value is -2.18. The lowest BCUT2D eigenvalue weighted by molar-refractivity contribution is 0.0600. The largest absolute Gasteiger partial charge is 0.465 e. The number of aliphatic hydroxyl groups is 1. The molecule has 0 saturated carbocycles. The molecule has 0 spiro atoms. The molecule has 1 N–H and O–H groups in total. The van der Waals surface area contributed by atoms with E-state index in [0.717, 1.165) is 37.2 Å². The molecular weight excluding hydrogens is 320 g/mol. The maximum Gasteiger partial charge on any atom is 0.337 e. The van der Waals surface area contributed by atoms with E-state index in [1.807, 2.05) is 0 Å². The number of esters is 1. The average molecular weight is 344 g/mol. The first-order valence-electron chi connectivity index (χ1n) is 8.69. The number of hydrogen-bond donors (Lipinski definition) is 1. The molecule has 6 heteroatoms. The molecule has 134 valence electrons. The number of oxazole rings is 1. The van der Waals surface area contributed by atoms with Gasteiger partial charge in [0, 0.05) is 24.8 Å². The fourth-order valence-electron chi connectivity index (χ4n) is 3.33. The molecule has 1 aromatic carbocycles. The molecule has 1 aliphatic heterocycles. The van der Waals surface area contributed by atoms with E-state index in [1.54, 1.807) is 30.5 Å². The van der Waals surface area contributed by atoms with Gasteiger partial charge in [0.2, 0.25) is 5.89 Å². The lowest BCUT2D eigenvalue weighted by Crippen LogP contribution is -2.39. The summed E-state index contributed by atoms with van der Waals surface area (Å²) in [5.74, 6) is 0.182. The third-order valence-electron chi connectivity index (χ3n) is 4.68. The van der Waals surface area contributed by atoms with Crippen LogP contribution in [-0.2, 0) is 11.3 Å². The van der Waals surface area contributed by atoms with Crippen molar-refractivity contribution in [3.63, 3.8) is 0 Å². The number of nitrogens with zero attached hydrogens (tertiary/aromatic N) is 2. The van der Waals surface area contributed by atoms with Crippen molar-refractivity contribution < 1.29 is 19.1 Å². The van der Waals surface area contributed by atoms with Crippen LogP contribution in [0.25, 0.3) is 11.5 Å². The molecule has 1 aliphatic rings. The molecule has 1 aromatic heterocycles. The van der Waals surface area contributed by atoms with E-state index in [4.69, 9.17) is 9.15 Å². The molecule has 0 bridgehead atoms. The summed E-state index contributed by atoms with van der Waals surface area (Å²) in [6.07, 6.45) is 6.02. The van der Waals surface area contributed by atoms with Crippen molar-refractivity contribution in [2.75, 3.05) is 20.3 Å². The number of likely N-dealkylation sites (tertiary alicyclic amines) is 1. The Morgan fingerprint density at radius 1 is 1.36 bits per heavy atom. The highest BCUT2D eigenvalue weighted by atomic mass is 16.5. The van der Waals surface area contributed by atoms with E-state index >= 15 is 0 Å². The number of hydrogen-bond acceptors (Lipinski definition) is 6. The van der Waals surface area contributed by atoms with Gasteiger partial charge in [0.15, 0.2) is 0 Å². The fourth-order valence-corrected chi connectivity index (χ4v) is 3.33. The summed E-state index contributed by atoms with van der Waals surface area (Å²) < 4.78 is 10.3. The number of aromatic nitrogens is 1. The predicted molar refractivity (Wildman–Crippen MR) is 93.0 cm³/mol. The van der Waals surface area contributed by atoms with Crippen LogP contribution in [0.1, 0.15) is 41.7 Å². The van der Waals surface area contributed by atoms with Crippen LogP contribution in [0, 0.1) is 0 Å². The molecular formula is C19H24N2O4. The van der Waals surface area contributed by atoms with Gasteiger partial charge in [-0.2, -0.15) is 0 Å². The molecule has 2 aromatic rings. The van der Waals surface area contributed by atoms with E-state index in [0.29, 0.717) is 17.5 Å². The summed E-state index contributed by atoms with van der Waals surface area (Å²) in [6, 6.07) is 7.42. The Morgan fingerprint density at radius 3 is 2.88 bits per heavy atom. The van der Waals surface area contributed by atoms with Crippen molar-refractivity contribution in [1.82, 2.24) is 9.88 Å². The van der Waals surface area contributed by atoms with Gasteiger partial charge in [-0.25, -0.2) is 9.78 Å². The number of carbonyl (C=O) groups excluding carboxylic acids is 1. The highest BCUT2D eigenvalue weighted by Crippen LogP contribution is 2.24. The molecule has 0 radical (unpaired) electrons. The van der Waals surface area contributed by atoms with Gasteiger partial charge in [0.25, 0.3) is 0 Å². The van der Waals surface area contributed by atoms with Gasteiger partial charge >= 0.3 is 5.97 Å². The lowest BCUT2D eigenvalue weighted by Gasteiger charge is -2.34. The number of benzene rings is 1. The lowest BCUT2D eigenvalue weighted by atomic mass is 9.99. The highest BCUT2D eigenvalue weighted by molar-refractivity contribution is 5.89. The van der Waals surface area contributed by atoms with E-state index in [2.05, 4.69) is 9.88 Å². The quantitative estimate of drug-likeness (QED) is 0.812. The third-order valence-corrected chi connectivity index (χ3v) is 4.68. The van der Waals surface area contributed by atoms with E-state index in [-0.39, 0.29) is 12.6 Å². The van der Waals surface area contributed by atoms with Crippen LogP contribution in [0.3, 0.4) is 0 Å². The van der Waals surface area contributed by atoms with Gasteiger partial charge in [-0.05, 0) is 50.1 Å². The summed E-state index contributed by atoms with van der Waals surface area (Å²) in [4.78, 5) is 18.4. The Balaban J connectivity index is 1.68. The third kappa shape index (κ3) is 4.27. The van der Waals surface area contributed by atoms with Gasteiger partial charge in [-0.3, -0.25) is 4.90 Å². The molecule has 0 unspecified atom stereocenters. The van der Waals surface area contributed by atoms with Crippen molar-refractivity contribution in [1.29, 1.82) is 0 Å². The molecule has 6 nitrogen and oxygen atoms in total. The molecule has 2 heterocycles. The second kappa shape index (κ2) is 8.27. The van der Waals surface area contributed by atoms with Crippen LogP contribution in [-0.4, -0.2) is 47.3 Å². The van der Waals surface area contributed by atoms with E-state index < -0.39 is 0 Å². The van der Waals surface area contributed by atoms with E-state index in [9.17, 15) is 9.90 Å². The summed E-state index contributed by atoms with van der Waals surface area (Å²) in [6.45, 7) is 1.98. The minimum absolute atomic E-state index is 0.220. The van der Waals surface area contributed by atoms with Crippen LogP contribution in [0.2, 0.25) is 0 Å². The van der Waals surface area contributed by atoms with E-state index in [1.165, 1.54) is 20.0 Å². The second-order valence-electron chi connectivity index (χ2n) is 6.35. The highest BCUT2D eigenvalue weighted by Gasteiger charge is 2.23. The minimum Gasteiger partial charge on any atom is -0.465 e. The first-order chi connectivity index (χ1) is 12.2. The molecule has 0 aliphatic carbocycles. The topological polar surface area (TPSA) is 75.8 Å². The summed E-state index contributed by atoms with van der Waals surface area (Å²) in [5.41, 5.74) is 2.21. The minimum atomic E-state index is -0.361. The molecule has 25 heavy (non-hydrogen) atoms. The number of rotatable bonds is 6. The van der Waals surface area contributed by atoms with Crippen molar-refractivity contribution in [3.8, 4) is 11.5 Å². The van der Waals surface area contributed by atoms with Gasteiger partial charge in [-0.15, -0.1) is 0 Å². The van der Waals surface area contributed by atoms with Gasteiger partial charge in [0.1, 0.15) is 6.26 Å². The Labute approximate surface area is 147 Å². The smallest absolute Gasteiger partial charge is 0.337 e. The molecule has 1 saturated heterocycles. The number of aliphatic hydroxyl groups excluding tert-OH is 1. The van der Waals surface area contributed by atoms with Crippen LogP contribution in [0.5, 0.6) is 0 Å². The monoisotopic (exact) mass is 344 g/mol. The van der Waals surface area contributed by atoms with Crippen LogP contribution < -0.4 is 0 Å². The summed E-state index contributed by atoms with van der Waals surface area (Å²) in [5, 5.41) is 9.24. The van der Waals surface area contributed by atoms with Crippen molar-refractivity contribution in [2.24, 2.45) is 0 Å². The zero-order valence-electron chi connectivity index (χ0n) is 14.5. The molecule has 1 atom stereocenters. The van der Waals surface area contributed by atoms with Crippen molar-refractivity contribution in [2.45, 2.75) is 38.3 Å². The number of carbonyl (C=O) groups is 1. The Kier molecular flexibility index (Phi) is 5.83. The normalized spacial score (nSPS) is 18.2. The SMILES string of the molecule is COC(=O)c1ccc(-c2nc(CN3CCCC[C@@H]3CCO)co2)cc1. The maximum absolute atomic E-state index is 11.5. The zero-order chi connectivity index (χ0) is 17.6. The first-order valence-corrected chi connectivity index (χ1v) is 8.69. The van der Waals surface area contributed by atoms with Gasteiger partial charge in [0.05, 0.1) is 18.4 Å². The van der Waals surface area contributed by atoms with Gasteiger partial charge < -0.3 is 14.3 Å². The molecule has 1 fully saturated rings. The number of piperidine rings is 1. The van der Waals surface area contributed by atoms with Gasteiger partial charge in [-0.1, -0.05) is 6.42 Å². The Morgan fingerprint density at radius 2 is 2.16 bits per heavy atom. The van der Waals surface area contributed by atoms with Crippen LogP contribution in [0.4, 0.5) is 0 Å². The number of methoxy groups -OCH3 is 1.